The Kier molecular flexibility index (Phi) is 7.31. The minimum Gasteiger partial charge on any atom is -0.480 e. The van der Waals surface area contributed by atoms with Crippen LogP contribution in [0.4, 0.5) is 0 Å². The van der Waals surface area contributed by atoms with E-state index in [2.05, 4.69) is 10.6 Å². The van der Waals surface area contributed by atoms with Gasteiger partial charge in [0.1, 0.15) is 12.1 Å². The highest BCUT2D eigenvalue weighted by atomic mass is 16.4. The van der Waals surface area contributed by atoms with Crippen molar-refractivity contribution in [2.24, 2.45) is 5.92 Å². The molecule has 7 heteroatoms. The van der Waals surface area contributed by atoms with Gasteiger partial charge in [-0.2, -0.15) is 0 Å². The summed E-state index contributed by atoms with van der Waals surface area (Å²) in [6.45, 7) is 5.49. The highest BCUT2D eigenvalue weighted by molar-refractivity contribution is 5.96. The second kappa shape index (κ2) is 8.97. The molecule has 7 nitrogen and oxygen atoms in total. The van der Waals surface area contributed by atoms with Crippen molar-refractivity contribution in [3.8, 4) is 0 Å². The minimum atomic E-state index is -1.08. The van der Waals surface area contributed by atoms with E-state index in [1.165, 1.54) is 12.3 Å². The average molecular weight is 324 g/mol. The molecule has 2 amide bonds. The lowest BCUT2D eigenvalue weighted by Gasteiger charge is -2.23. The number of carboxylic acids is 1. The molecule has 23 heavy (non-hydrogen) atoms. The molecule has 1 rings (SSSR count). The van der Waals surface area contributed by atoms with Crippen LogP contribution < -0.4 is 10.6 Å². The topological polar surface area (TPSA) is 109 Å². The molecule has 3 N–H and O–H groups in total. The van der Waals surface area contributed by atoms with Gasteiger partial charge in [0.05, 0.1) is 6.26 Å². The molecule has 1 aromatic heterocycles. The van der Waals surface area contributed by atoms with Crippen LogP contribution in [0.2, 0.25) is 0 Å². The van der Waals surface area contributed by atoms with Crippen LogP contribution in [0.5, 0.6) is 0 Å². The van der Waals surface area contributed by atoms with E-state index in [0.717, 1.165) is 6.42 Å². The molecule has 0 spiro atoms. The first kappa shape index (κ1) is 18.7. The van der Waals surface area contributed by atoms with E-state index in [1.54, 1.807) is 19.9 Å². The van der Waals surface area contributed by atoms with E-state index in [9.17, 15) is 19.5 Å². The molecule has 0 bridgehead atoms. The number of rotatable bonds is 9. The van der Waals surface area contributed by atoms with Gasteiger partial charge < -0.3 is 20.2 Å². The predicted molar refractivity (Wildman–Crippen MR) is 83.9 cm³/mol. The summed E-state index contributed by atoms with van der Waals surface area (Å²) < 4.78 is 4.99. The first-order chi connectivity index (χ1) is 10.9. The fourth-order valence-electron chi connectivity index (χ4n) is 2.08. The molecular weight excluding hydrogens is 300 g/mol. The molecule has 0 fully saturated rings. The quantitative estimate of drug-likeness (QED) is 0.642. The molecule has 128 valence electrons. The standard InChI is InChI=1S/C16H24N2O5/c1-4-5-7-11(16(21)22)17-15(20)13(10(2)3)18-14(19)12-8-6-9-23-12/h6,8-11,13H,4-5,7H2,1-3H3,(H,17,20)(H,18,19)(H,21,22)/t11-,13?/m0/s1. The summed E-state index contributed by atoms with van der Waals surface area (Å²) in [5.74, 6) is -2.20. The zero-order valence-electron chi connectivity index (χ0n) is 13.7. The number of carboxylic acid groups (broad SMARTS) is 1. The van der Waals surface area contributed by atoms with Crippen molar-refractivity contribution in [1.29, 1.82) is 0 Å². The third kappa shape index (κ3) is 5.77. The monoisotopic (exact) mass is 324 g/mol. The Bertz CT molecular complexity index is 525. The van der Waals surface area contributed by atoms with E-state index in [1.807, 2.05) is 6.92 Å². The number of aliphatic carboxylic acids is 1. The second-order valence-electron chi connectivity index (χ2n) is 5.71. The molecule has 0 aliphatic rings. The number of carbonyl (C=O) groups excluding carboxylic acids is 2. The second-order valence-corrected chi connectivity index (χ2v) is 5.71. The Morgan fingerprint density at radius 2 is 1.96 bits per heavy atom. The zero-order valence-corrected chi connectivity index (χ0v) is 13.7. The highest BCUT2D eigenvalue weighted by Crippen LogP contribution is 2.08. The number of amides is 2. The smallest absolute Gasteiger partial charge is 0.326 e. The van der Waals surface area contributed by atoms with Gasteiger partial charge in [-0.1, -0.05) is 33.6 Å². The average Bonchev–Trinajstić information content (AvgIpc) is 3.02. The number of unbranched alkanes of at least 4 members (excludes halogenated alkanes) is 1. The van der Waals surface area contributed by atoms with Crippen LogP contribution in [0.25, 0.3) is 0 Å². The van der Waals surface area contributed by atoms with Gasteiger partial charge in [0.2, 0.25) is 5.91 Å². The Balaban J connectivity index is 2.73. The van der Waals surface area contributed by atoms with Gasteiger partial charge in [0.15, 0.2) is 5.76 Å². The van der Waals surface area contributed by atoms with E-state index in [0.29, 0.717) is 12.8 Å². The van der Waals surface area contributed by atoms with E-state index >= 15 is 0 Å². The lowest BCUT2D eigenvalue weighted by Crippen LogP contribution is -2.53. The van der Waals surface area contributed by atoms with Crippen LogP contribution in [0.1, 0.15) is 50.6 Å². The lowest BCUT2D eigenvalue weighted by atomic mass is 10.0. The van der Waals surface area contributed by atoms with Gasteiger partial charge in [0.25, 0.3) is 5.91 Å². The maximum Gasteiger partial charge on any atom is 0.326 e. The van der Waals surface area contributed by atoms with Gasteiger partial charge in [-0.15, -0.1) is 0 Å². The first-order valence-corrected chi connectivity index (χ1v) is 7.74. The van der Waals surface area contributed by atoms with E-state index in [4.69, 9.17) is 4.42 Å². The molecule has 1 heterocycles. The first-order valence-electron chi connectivity index (χ1n) is 7.74. The Labute approximate surface area is 135 Å². The van der Waals surface area contributed by atoms with E-state index < -0.39 is 29.9 Å². The third-order valence-electron chi connectivity index (χ3n) is 3.44. The van der Waals surface area contributed by atoms with Crippen LogP contribution in [0, 0.1) is 5.92 Å². The molecule has 0 aliphatic heterocycles. The number of carbonyl (C=O) groups is 3. The summed E-state index contributed by atoms with van der Waals surface area (Å²) in [7, 11) is 0. The van der Waals surface area contributed by atoms with Crippen LogP contribution in [0.15, 0.2) is 22.8 Å². The van der Waals surface area contributed by atoms with Crippen molar-refractivity contribution >= 4 is 17.8 Å². The fraction of sp³-hybridized carbons (Fsp3) is 0.562. The number of furan rings is 1. The van der Waals surface area contributed by atoms with Crippen molar-refractivity contribution < 1.29 is 23.9 Å². The highest BCUT2D eigenvalue weighted by Gasteiger charge is 2.29. The third-order valence-corrected chi connectivity index (χ3v) is 3.44. The molecule has 0 aliphatic carbocycles. The molecule has 0 aromatic carbocycles. The van der Waals surface area contributed by atoms with Crippen molar-refractivity contribution in [1.82, 2.24) is 10.6 Å². The van der Waals surface area contributed by atoms with Crippen LogP contribution in [0.3, 0.4) is 0 Å². The Hall–Kier alpha value is -2.31. The minimum absolute atomic E-state index is 0.101. The van der Waals surface area contributed by atoms with Gasteiger partial charge in [-0.05, 0) is 24.5 Å². The largest absolute Gasteiger partial charge is 0.480 e. The SMILES string of the molecule is CCCC[C@H](NC(=O)C(NC(=O)c1ccco1)C(C)C)C(=O)O. The van der Waals surface area contributed by atoms with Gasteiger partial charge in [0, 0.05) is 0 Å². The Morgan fingerprint density at radius 3 is 2.43 bits per heavy atom. The summed E-state index contributed by atoms with van der Waals surface area (Å²) >= 11 is 0. The summed E-state index contributed by atoms with van der Waals surface area (Å²) in [6, 6.07) is 1.27. The molecule has 2 atom stereocenters. The van der Waals surface area contributed by atoms with Crippen molar-refractivity contribution in [3.05, 3.63) is 24.2 Å². The fourth-order valence-corrected chi connectivity index (χ4v) is 2.08. The Morgan fingerprint density at radius 1 is 1.26 bits per heavy atom. The molecular formula is C16H24N2O5. The summed E-state index contributed by atoms with van der Waals surface area (Å²) in [5, 5.41) is 14.3. The van der Waals surface area contributed by atoms with Gasteiger partial charge >= 0.3 is 5.97 Å². The summed E-state index contributed by atoms with van der Waals surface area (Å²) in [6.07, 6.45) is 3.25. The molecule has 1 aromatic rings. The lowest BCUT2D eigenvalue weighted by molar-refractivity contribution is -0.142. The van der Waals surface area contributed by atoms with Crippen LogP contribution >= 0.6 is 0 Å². The molecule has 1 unspecified atom stereocenters. The maximum atomic E-state index is 12.3. The summed E-state index contributed by atoms with van der Waals surface area (Å²) in [5.41, 5.74) is 0. The molecule has 0 saturated carbocycles. The molecule has 0 saturated heterocycles. The number of nitrogens with one attached hydrogen (secondary N) is 2. The van der Waals surface area contributed by atoms with Gasteiger partial charge in [-0.3, -0.25) is 9.59 Å². The number of hydrogen-bond donors (Lipinski definition) is 3. The van der Waals surface area contributed by atoms with Crippen LogP contribution in [-0.4, -0.2) is 35.0 Å². The van der Waals surface area contributed by atoms with Crippen molar-refractivity contribution in [2.75, 3.05) is 0 Å². The molecule has 0 radical (unpaired) electrons. The number of hydrogen-bond acceptors (Lipinski definition) is 4. The van der Waals surface area contributed by atoms with Gasteiger partial charge in [-0.25, -0.2) is 4.79 Å². The normalized spacial score (nSPS) is 13.4. The maximum absolute atomic E-state index is 12.3. The zero-order chi connectivity index (χ0) is 17.4. The summed E-state index contributed by atoms with van der Waals surface area (Å²) in [4.78, 5) is 35.6. The van der Waals surface area contributed by atoms with Crippen molar-refractivity contribution in [3.63, 3.8) is 0 Å². The predicted octanol–water partition coefficient (Wildman–Crippen LogP) is 1.79. The van der Waals surface area contributed by atoms with Crippen molar-refractivity contribution in [2.45, 2.75) is 52.1 Å². The van der Waals surface area contributed by atoms with E-state index in [-0.39, 0.29) is 11.7 Å². The van der Waals surface area contributed by atoms with Crippen LogP contribution in [-0.2, 0) is 9.59 Å².